The van der Waals surface area contributed by atoms with E-state index in [-0.39, 0.29) is 0 Å². The topological polar surface area (TPSA) is 71.8 Å². The molecule has 0 radical (unpaired) electrons. The van der Waals surface area contributed by atoms with Gasteiger partial charge in [-0.3, -0.25) is 4.57 Å². The maximum atomic E-state index is 4.56. The molecule has 7 heteroatoms. The van der Waals surface area contributed by atoms with E-state index in [2.05, 4.69) is 44.0 Å². The van der Waals surface area contributed by atoms with Gasteiger partial charge in [-0.1, -0.05) is 13.8 Å². The van der Waals surface area contributed by atoms with Gasteiger partial charge >= 0.3 is 0 Å². The lowest BCUT2D eigenvalue weighted by Crippen LogP contribution is -2.25. The molecule has 0 saturated carbocycles. The molecule has 0 amide bonds. The third-order valence-electron chi connectivity index (χ3n) is 3.53. The van der Waals surface area contributed by atoms with Crippen LogP contribution in [0.5, 0.6) is 0 Å². The molecule has 3 rings (SSSR count). The molecule has 2 aromatic heterocycles. The van der Waals surface area contributed by atoms with Gasteiger partial charge in [-0.2, -0.15) is 15.0 Å². The summed E-state index contributed by atoms with van der Waals surface area (Å²) < 4.78 is 1.78. The summed E-state index contributed by atoms with van der Waals surface area (Å²) in [4.78, 5) is 19.6. The van der Waals surface area contributed by atoms with E-state index in [4.69, 9.17) is 0 Å². The van der Waals surface area contributed by atoms with Crippen LogP contribution >= 0.6 is 0 Å². The van der Waals surface area contributed by atoms with Gasteiger partial charge in [-0.25, -0.2) is 4.98 Å². The standard InChI is InChI=1S/C13H19N7/c1-13(2)4-6-19(8-13)11-16-10(14-3)17-12(18-11)20-7-5-15-9-20/h5,7,9H,4,6,8H2,1-3H3,(H,14,16,17,18). The molecule has 0 aromatic carbocycles. The monoisotopic (exact) mass is 273 g/mol. The molecule has 1 aliphatic heterocycles. The lowest BCUT2D eigenvalue weighted by molar-refractivity contribution is 0.418. The average molecular weight is 273 g/mol. The second kappa shape index (κ2) is 4.73. The minimum Gasteiger partial charge on any atom is -0.357 e. The van der Waals surface area contributed by atoms with Crippen LogP contribution < -0.4 is 10.2 Å². The molecule has 0 aliphatic carbocycles. The summed E-state index contributed by atoms with van der Waals surface area (Å²) in [5.74, 6) is 1.88. The van der Waals surface area contributed by atoms with Gasteiger partial charge in [0, 0.05) is 32.5 Å². The van der Waals surface area contributed by atoms with Crippen LogP contribution in [0.15, 0.2) is 18.7 Å². The van der Waals surface area contributed by atoms with Crippen molar-refractivity contribution in [3.05, 3.63) is 18.7 Å². The van der Waals surface area contributed by atoms with Gasteiger partial charge in [0.05, 0.1) is 0 Å². The predicted molar refractivity (Wildman–Crippen MR) is 77.1 cm³/mol. The van der Waals surface area contributed by atoms with Gasteiger partial charge < -0.3 is 10.2 Å². The number of imidazole rings is 1. The van der Waals surface area contributed by atoms with Crippen molar-refractivity contribution in [2.45, 2.75) is 20.3 Å². The summed E-state index contributed by atoms with van der Waals surface area (Å²) in [6, 6.07) is 0. The molecule has 2 aromatic rings. The molecular formula is C13H19N7. The Morgan fingerprint density at radius 2 is 2.00 bits per heavy atom. The highest BCUT2D eigenvalue weighted by Gasteiger charge is 2.31. The first-order chi connectivity index (χ1) is 9.57. The van der Waals surface area contributed by atoms with Crippen molar-refractivity contribution < 1.29 is 0 Å². The molecule has 7 nitrogen and oxygen atoms in total. The number of anilines is 2. The van der Waals surface area contributed by atoms with Gasteiger partial charge in [0.1, 0.15) is 6.33 Å². The van der Waals surface area contributed by atoms with E-state index in [0.29, 0.717) is 17.3 Å². The molecule has 1 N–H and O–H groups in total. The van der Waals surface area contributed by atoms with Crippen LogP contribution in [0.4, 0.5) is 11.9 Å². The Hall–Kier alpha value is -2.18. The molecule has 20 heavy (non-hydrogen) atoms. The zero-order valence-corrected chi connectivity index (χ0v) is 12.0. The maximum Gasteiger partial charge on any atom is 0.241 e. The second-order valence-corrected chi connectivity index (χ2v) is 5.81. The van der Waals surface area contributed by atoms with E-state index in [1.807, 2.05) is 13.2 Å². The van der Waals surface area contributed by atoms with Crippen LogP contribution in [0.3, 0.4) is 0 Å². The van der Waals surface area contributed by atoms with Crippen molar-refractivity contribution in [3.63, 3.8) is 0 Å². The van der Waals surface area contributed by atoms with Crippen LogP contribution in [0, 0.1) is 5.41 Å². The first-order valence-corrected chi connectivity index (χ1v) is 6.74. The molecule has 0 atom stereocenters. The number of aromatic nitrogens is 5. The van der Waals surface area contributed by atoms with E-state index < -0.39 is 0 Å². The van der Waals surface area contributed by atoms with E-state index in [1.165, 1.54) is 0 Å². The molecule has 106 valence electrons. The third-order valence-corrected chi connectivity index (χ3v) is 3.53. The molecule has 1 saturated heterocycles. The number of hydrogen-bond donors (Lipinski definition) is 1. The Morgan fingerprint density at radius 1 is 1.20 bits per heavy atom. The number of nitrogens with one attached hydrogen (secondary N) is 1. The van der Waals surface area contributed by atoms with Crippen LogP contribution in [-0.2, 0) is 0 Å². The van der Waals surface area contributed by atoms with Crippen LogP contribution in [0.1, 0.15) is 20.3 Å². The highest BCUT2D eigenvalue weighted by molar-refractivity contribution is 5.41. The zero-order valence-electron chi connectivity index (χ0n) is 12.0. The smallest absolute Gasteiger partial charge is 0.241 e. The van der Waals surface area contributed by atoms with E-state index >= 15 is 0 Å². The first-order valence-electron chi connectivity index (χ1n) is 6.74. The van der Waals surface area contributed by atoms with Crippen molar-refractivity contribution in [2.24, 2.45) is 5.41 Å². The lowest BCUT2D eigenvalue weighted by atomic mass is 9.93. The summed E-state index contributed by atoms with van der Waals surface area (Å²) in [6.45, 7) is 6.47. The normalized spacial score (nSPS) is 17.4. The highest BCUT2D eigenvalue weighted by atomic mass is 15.3. The molecular weight excluding hydrogens is 254 g/mol. The average Bonchev–Trinajstić information content (AvgIpc) is 3.07. The van der Waals surface area contributed by atoms with E-state index in [9.17, 15) is 0 Å². The minimum absolute atomic E-state index is 0.307. The Kier molecular flexibility index (Phi) is 3.04. The van der Waals surface area contributed by atoms with Crippen molar-refractivity contribution in [1.82, 2.24) is 24.5 Å². The van der Waals surface area contributed by atoms with Gasteiger partial charge in [0.2, 0.25) is 17.8 Å². The molecule has 1 aliphatic rings. The minimum atomic E-state index is 0.307. The van der Waals surface area contributed by atoms with Gasteiger partial charge in [0.25, 0.3) is 0 Å². The van der Waals surface area contributed by atoms with Crippen LogP contribution in [0.25, 0.3) is 5.95 Å². The summed E-state index contributed by atoms with van der Waals surface area (Å²) in [5, 5.41) is 2.99. The summed E-state index contributed by atoms with van der Waals surface area (Å²) in [7, 11) is 1.81. The Labute approximate surface area is 118 Å². The quantitative estimate of drug-likeness (QED) is 0.909. The van der Waals surface area contributed by atoms with Crippen LogP contribution in [0.2, 0.25) is 0 Å². The van der Waals surface area contributed by atoms with E-state index in [0.717, 1.165) is 25.5 Å². The fourth-order valence-electron chi connectivity index (χ4n) is 2.38. The molecule has 0 spiro atoms. The van der Waals surface area contributed by atoms with E-state index in [1.54, 1.807) is 17.1 Å². The molecule has 0 unspecified atom stereocenters. The number of nitrogens with zero attached hydrogens (tertiary/aromatic N) is 6. The van der Waals surface area contributed by atoms with Crippen molar-refractivity contribution in [3.8, 4) is 5.95 Å². The highest BCUT2D eigenvalue weighted by Crippen LogP contribution is 2.31. The van der Waals surface area contributed by atoms with Crippen molar-refractivity contribution in [1.29, 1.82) is 0 Å². The van der Waals surface area contributed by atoms with Crippen molar-refractivity contribution >= 4 is 11.9 Å². The third kappa shape index (κ3) is 2.43. The fraction of sp³-hybridized carbons (Fsp3) is 0.538. The SMILES string of the molecule is CNc1nc(N2CCC(C)(C)C2)nc(-n2ccnc2)n1. The summed E-state index contributed by atoms with van der Waals surface area (Å²) in [5.41, 5.74) is 0.307. The Balaban J connectivity index is 1.97. The fourth-order valence-corrected chi connectivity index (χ4v) is 2.38. The van der Waals surface area contributed by atoms with Gasteiger partial charge in [-0.05, 0) is 11.8 Å². The predicted octanol–water partition coefficient (Wildman–Crippen LogP) is 1.34. The summed E-state index contributed by atoms with van der Waals surface area (Å²) >= 11 is 0. The number of hydrogen-bond acceptors (Lipinski definition) is 6. The first kappa shape index (κ1) is 12.8. The molecule has 0 bridgehead atoms. The number of rotatable bonds is 3. The Bertz CT molecular complexity index is 591. The largest absolute Gasteiger partial charge is 0.357 e. The lowest BCUT2D eigenvalue weighted by Gasteiger charge is -2.20. The molecule has 3 heterocycles. The maximum absolute atomic E-state index is 4.56. The van der Waals surface area contributed by atoms with Crippen LogP contribution in [-0.4, -0.2) is 44.6 Å². The molecule has 1 fully saturated rings. The van der Waals surface area contributed by atoms with Crippen molar-refractivity contribution in [2.75, 3.05) is 30.4 Å². The Morgan fingerprint density at radius 3 is 2.60 bits per heavy atom. The van der Waals surface area contributed by atoms with Gasteiger partial charge in [-0.15, -0.1) is 0 Å². The second-order valence-electron chi connectivity index (χ2n) is 5.81. The zero-order chi connectivity index (χ0) is 14.2. The van der Waals surface area contributed by atoms with Gasteiger partial charge in [0.15, 0.2) is 0 Å². The summed E-state index contributed by atoms with van der Waals surface area (Å²) in [6.07, 6.45) is 6.37.